The van der Waals surface area contributed by atoms with E-state index in [1.165, 1.54) is 0 Å². The van der Waals surface area contributed by atoms with Crippen LogP contribution in [0, 0.1) is 5.92 Å². The molecule has 6 nitrogen and oxygen atoms in total. The van der Waals surface area contributed by atoms with Crippen LogP contribution < -0.4 is 25.6 Å². The molecule has 3 N–H and O–H groups in total. The van der Waals surface area contributed by atoms with E-state index < -0.39 is 0 Å². The fraction of sp³-hybridized carbons (Fsp3) is 0.316. The van der Waals surface area contributed by atoms with Crippen molar-refractivity contribution in [2.45, 2.75) is 12.5 Å². The maximum Gasteiger partial charge on any atom is 0.230 e. The third kappa shape index (κ3) is 3.45. The zero-order chi connectivity index (χ0) is 17.1. The summed E-state index contributed by atoms with van der Waals surface area (Å²) in [6, 6.07) is 15.4. The van der Waals surface area contributed by atoms with Gasteiger partial charge in [-0.25, -0.2) is 5.43 Å². The molecular formula is C19H21N3O3. The largest absolute Gasteiger partial charge is 0.490 e. The summed E-state index contributed by atoms with van der Waals surface area (Å²) in [6.45, 7) is 1.85. The van der Waals surface area contributed by atoms with Gasteiger partial charge < -0.3 is 14.8 Å². The predicted octanol–water partition coefficient (Wildman–Crippen LogP) is 2.25. The molecule has 2 unspecified atom stereocenters. The smallest absolute Gasteiger partial charge is 0.230 e. The molecule has 4 rings (SSSR count). The molecule has 0 saturated carbocycles. The van der Waals surface area contributed by atoms with Crippen molar-refractivity contribution in [1.29, 1.82) is 0 Å². The summed E-state index contributed by atoms with van der Waals surface area (Å²) in [6.07, 6.45) is 0.856. The van der Waals surface area contributed by atoms with Crippen molar-refractivity contribution in [1.82, 2.24) is 10.9 Å². The van der Waals surface area contributed by atoms with Gasteiger partial charge in [0.1, 0.15) is 0 Å². The molecule has 0 aliphatic carbocycles. The number of amides is 1. The fourth-order valence-electron chi connectivity index (χ4n) is 3.19. The van der Waals surface area contributed by atoms with E-state index in [4.69, 9.17) is 9.47 Å². The molecule has 1 saturated heterocycles. The molecule has 1 amide bonds. The van der Waals surface area contributed by atoms with E-state index in [-0.39, 0.29) is 17.9 Å². The summed E-state index contributed by atoms with van der Waals surface area (Å²) in [5.41, 5.74) is 8.09. The Hall–Kier alpha value is -2.57. The zero-order valence-electron chi connectivity index (χ0n) is 13.8. The quantitative estimate of drug-likeness (QED) is 0.800. The number of carbonyl (C=O) groups excluding carboxylic acids is 1. The Morgan fingerprint density at radius 2 is 1.84 bits per heavy atom. The molecule has 6 heteroatoms. The minimum absolute atomic E-state index is 0.0270. The average molecular weight is 339 g/mol. The summed E-state index contributed by atoms with van der Waals surface area (Å²) >= 11 is 0. The van der Waals surface area contributed by atoms with Crippen LogP contribution in [0.1, 0.15) is 18.0 Å². The van der Waals surface area contributed by atoms with Gasteiger partial charge in [-0.05, 0) is 17.7 Å². The van der Waals surface area contributed by atoms with Gasteiger partial charge in [0, 0.05) is 24.7 Å². The number of rotatable bonds is 3. The van der Waals surface area contributed by atoms with Crippen LogP contribution in [0.5, 0.6) is 11.5 Å². The second-order valence-corrected chi connectivity index (χ2v) is 6.22. The Balaban J connectivity index is 1.49. The number of benzene rings is 2. The van der Waals surface area contributed by atoms with Gasteiger partial charge >= 0.3 is 0 Å². The SMILES string of the molecule is O=C(Nc1ccc2c(c1)OCCCO2)C1CNNC1c1ccccc1. The number of carbonyl (C=O) groups is 1. The first-order chi connectivity index (χ1) is 12.3. The third-order valence-corrected chi connectivity index (χ3v) is 4.49. The van der Waals surface area contributed by atoms with E-state index in [1.807, 2.05) is 48.5 Å². The summed E-state index contributed by atoms with van der Waals surface area (Å²) in [5, 5.41) is 3.00. The first-order valence-corrected chi connectivity index (χ1v) is 8.55. The summed E-state index contributed by atoms with van der Waals surface area (Å²) in [7, 11) is 0. The van der Waals surface area contributed by atoms with Gasteiger partial charge in [0.15, 0.2) is 11.5 Å². The van der Waals surface area contributed by atoms with Gasteiger partial charge in [0.2, 0.25) is 5.91 Å². The Morgan fingerprint density at radius 3 is 2.68 bits per heavy atom. The molecule has 1 fully saturated rings. The minimum atomic E-state index is -0.196. The fourth-order valence-corrected chi connectivity index (χ4v) is 3.19. The Kier molecular flexibility index (Phi) is 4.54. The Morgan fingerprint density at radius 1 is 1.04 bits per heavy atom. The lowest BCUT2D eigenvalue weighted by Crippen LogP contribution is -2.29. The number of nitrogens with one attached hydrogen (secondary N) is 3. The summed E-state index contributed by atoms with van der Waals surface area (Å²) in [5.74, 6) is 1.18. The van der Waals surface area contributed by atoms with Crippen molar-refractivity contribution >= 4 is 11.6 Å². The van der Waals surface area contributed by atoms with Crippen molar-refractivity contribution in [3.8, 4) is 11.5 Å². The lowest BCUT2D eigenvalue weighted by atomic mass is 9.94. The minimum Gasteiger partial charge on any atom is -0.490 e. The molecule has 0 radical (unpaired) electrons. The van der Waals surface area contributed by atoms with Gasteiger partial charge in [-0.1, -0.05) is 30.3 Å². The third-order valence-electron chi connectivity index (χ3n) is 4.49. The maximum atomic E-state index is 12.8. The van der Waals surface area contributed by atoms with Crippen molar-refractivity contribution in [3.05, 3.63) is 54.1 Å². The lowest BCUT2D eigenvalue weighted by molar-refractivity contribution is -0.119. The predicted molar refractivity (Wildman–Crippen MR) is 94.5 cm³/mol. The molecule has 130 valence electrons. The maximum absolute atomic E-state index is 12.8. The van der Waals surface area contributed by atoms with Crippen LogP contribution in [0.4, 0.5) is 5.69 Å². The van der Waals surface area contributed by atoms with Crippen LogP contribution in [0.25, 0.3) is 0 Å². The molecule has 2 aromatic rings. The topological polar surface area (TPSA) is 71.6 Å². The van der Waals surface area contributed by atoms with E-state index in [1.54, 1.807) is 0 Å². The number of hydrogen-bond donors (Lipinski definition) is 3. The van der Waals surface area contributed by atoms with Gasteiger partial charge in [-0.15, -0.1) is 0 Å². The van der Waals surface area contributed by atoms with Crippen LogP contribution in [-0.2, 0) is 4.79 Å². The Bertz CT molecular complexity index is 751. The molecule has 2 aliphatic heterocycles. The number of hydrazine groups is 1. The molecule has 25 heavy (non-hydrogen) atoms. The number of ether oxygens (including phenoxy) is 2. The molecule has 0 spiro atoms. The van der Waals surface area contributed by atoms with Crippen LogP contribution >= 0.6 is 0 Å². The van der Waals surface area contributed by atoms with Gasteiger partial charge in [0.25, 0.3) is 0 Å². The monoisotopic (exact) mass is 339 g/mol. The van der Waals surface area contributed by atoms with E-state index in [0.29, 0.717) is 31.2 Å². The Labute approximate surface area is 146 Å². The van der Waals surface area contributed by atoms with Crippen LogP contribution in [0.2, 0.25) is 0 Å². The first kappa shape index (κ1) is 15.9. The molecule has 2 atom stereocenters. The van der Waals surface area contributed by atoms with E-state index in [0.717, 1.165) is 17.7 Å². The average Bonchev–Trinajstić information content (AvgIpc) is 3.02. The van der Waals surface area contributed by atoms with Gasteiger partial charge in [-0.2, -0.15) is 0 Å². The normalized spacial score (nSPS) is 22.2. The van der Waals surface area contributed by atoms with Crippen LogP contribution in [-0.4, -0.2) is 25.7 Å². The van der Waals surface area contributed by atoms with Crippen LogP contribution in [0.3, 0.4) is 0 Å². The molecule has 2 aliphatic rings. The first-order valence-electron chi connectivity index (χ1n) is 8.55. The molecule has 2 heterocycles. The standard InChI is InChI=1S/C19H21N3O3/c23-19(15-12-20-22-18(15)13-5-2-1-3-6-13)21-14-7-8-16-17(11-14)25-10-4-9-24-16/h1-3,5-8,11,15,18,20,22H,4,9-10,12H2,(H,21,23). The molecule has 0 bridgehead atoms. The molecule has 0 aromatic heterocycles. The van der Waals surface area contributed by atoms with E-state index in [2.05, 4.69) is 16.2 Å². The lowest BCUT2D eigenvalue weighted by Gasteiger charge is -2.19. The number of hydrogen-bond acceptors (Lipinski definition) is 5. The highest BCUT2D eigenvalue weighted by molar-refractivity contribution is 5.93. The molecular weight excluding hydrogens is 318 g/mol. The van der Waals surface area contributed by atoms with Crippen molar-refractivity contribution in [3.63, 3.8) is 0 Å². The second kappa shape index (κ2) is 7.13. The number of anilines is 1. The number of fused-ring (bicyclic) bond motifs is 1. The summed E-state index contributed by atoms with van der Waals surface area (Å²) in [4.78, 5) is 12.8. The van der Waals surface area contributed by atoms with Crippen molar-refractivity contribution in [2.75, 3.05) is 25.1 Å². The van der Waals surface area contributed by atoms with Gasteiger partial charge in [-0.3, -0.25) is 10.2 Å². The second-order valence-electron chi connectivity index (χ2n) is 6.22. The zero-order valence-corrected chi connectivity index (χ0v) is 13.8. The highest BCUT2D eigenvalue weighted by atomic mass is 16.5. The molecule has 2 aromatic carbocycles. The highest BCUT2D eigenvalue weighted by Gasteiger charge is 2.34. The van der Waals surface area contributed by atoms with E-state index >= 15 is 0 Å². The van der Waals surface area contributed by atoms with Gasteiger partial charge in [0.05, 0.1) is 25.2 Å². The van der Waals surface area contributed by atoms with Crippen molar-refractivity contribution < 1.29 is 14.3 Å². The summed E-state index contributed by atoms with van der Waals surface area (Å²) < 4.78 is 11.3. The van der Waals surface area contributed by atoms with E-state index in [9.17, 15) is 4.79 Å². The highest BCUT2D eigenvalue weighted by Crippen LogP contribution is 2.33. The van der Waals surface area contributed by atoms with Crippen molar-refractivity contribution in [2.24, 2.45) is 5.92 Å². The van der Waals surface area contributed by atoms with Crippen LogP contribution in [0.15, 0.2) is 48.5 Å².